The molecule has 0 aromatic heterocycles. The Hall–Kier alpha value is -0.950. The van der Waals surface area contributed by atoms with Gasteiger partial charge in [-0.15, -0.1) is 0 Å². The fraction of sp³-hybridized carbons (Fsp3) is 0.900. The van der Waals surface area contributed by atoms with Gasteiger partial charge in [0, 0.05) is 6.42 Å². The summed E-state index contributed by atoms with van der Waals surface area (Å²) >= 11 is 0. The van der Waals surface area contributed by atoms with Crippen molar-refractivity contribution in [1.82, 2.24) is 0 Å². The average Bonchev–Trinajstić information content (AvgIpc) is 2.40. The van der Waals surface area contributed by atoms with Crippen LogP contribution in [0.1, 0.15) is 6.42 Å². The molecule has 1 saturated heterocycles. The minimum absolute atomic E-state index is 0.897. The topological polar surface area (TPSA) is 163 Å². The zero-order valence-electron chi connectivity index (χ0n) is 10.7. The van der Waals surface area contributed by atoms with Gasteiger partial charge in [-0.1, -0.05) is 0 Å². The summed E-state index contributed by atoms with van der Waals surface area (Å²) < 4.78 is 33.5. The molecule has 1 rings (SSSR count). The van der Waals surface area contributed by atoms with Gasteiger partial charge < -0.3 is 36.0 Å². The normalized spacial score (nSPS) is 36.5. The number of alkyl halides is 2. The smallest absolute Gasteiger partial charge is 0.364 e. The number of carboxylic acid groups (broad SMARTS) is 1. The Bertz CT molecular complexity index is 373. The van der Waals surface area contributed by atoms with E-state index in [9.17, 15) is 28.9 Å². The lowest BCUT2D eigenvalue weighted by Crippen LogP contribution is -2.66. The molecule has 3 unspecified atom stereocenters. The van der Waals surface area contributed by atoms with E-state index in [0.717, 1.165) is 0 Å². The van der Waals surface area contributed by atoms with E-state index in [-0.39, 0.29) is 0 Å². The maximum absolute atomic E-state index is 12.4. The van der Waals surface area contributed by atoms with Crippen LogP contribution in [0.25, 0.3) is 0 Å². The van der Waals surface area contributed by atoms with Gasteiger partial charge in [0.15, 0.2) is 0 Å². The van der Waals surface area contributed by atoms with Crippen molar-refractivity contribution in [2.24, 2.45) is 5.73 Å². The molecule has 1 heterocycles. The predicted molar refractivity (Wildman–Crippen MR) is 60.0 cm³/mol. The number of hydrogen-bond acceptors (Lipinski definition) is 8. The molecule has 0 aromatic carbocycles. The Morgan fingerprint density at radius 1 is 1.48 bits per heavy atom. The van der Waals surface area contributed by atoms with Crippen LogP contribution in [0.15, 0.2) is 0 Å². The number of ether oxygens (including phenoxy) is 2. The highest BCUT2D eigenvalue weighted by Crippen LogP contribution is 2.33. The lowest BCUT2D eigenvalue weighted by molar-refractivity contribution is -0.351. The lowest BCUT2D eigenvalue weighted by Gasteiger charge is -2.44. The van der Waals surface area contributed by atoms with E-state index >= 15 is 0 Å². The lowest BCUT2D eigenvalue weighted by atomic mass is 9.89. The molecule has 0 spiro atoms. The second kappa shape index (κ2) is 6.87. The van der Waals surface area contributed by atoms with Crippen molar-refractivity contribution < 1.29 is 48.6 Å². The molecule has 0 amide bonds. The Morgan fingerprint density at radius 2 is 2.05 bits per heavy atom. The third-order valence-corrected chi connectivity index (χ3v) is 3.15. The first-order valence-electron chi connectivity index (χ1n) is 5.92. The van der Waals surface area contributed by atoms with E-state index in [4.69, 9.17) is 20.7 Å². The summed E-state index contributed by atoms with van der Waals surface area (Å²) in [6.07, 6.45) is -7.99. The van der Waals surface area contributed by atoms with E-state index in [1.807, 2.05) is 0 Å². The van der Waals surface area contributed by atoms with Crippen LogP contribution in [0.5, 0.6) is 0 Å². The third kappa shape index (κ3) is 3.83. The molecule has 7 N–H and O–H groups in total. The van der Waals surface area contributed by atoms with Gasteiger partial charge in [-0.25, -0.2) is 4.79 Å². The van der Waals surface area contributed by atoms with Gasteiger partial charge in [-0.05, 0) is 0 Å². The van der Waals surface area contributed by atoms with Crippen molar-refractivity contribution >= 4 is 5.97 Å². The highest BCUT2D eigenvalue weighted by molar-refractivity contribution is 5.76. The zero-order chi connectivity index (χ0) is 16.4. The Kier molecular flexibility index (Phi) is 5.92. The fourth-order valence-electron chi connectivity index (χ4n) is 2.01. The third-order valence-electron chi connectivity index (χ3n) is 3.15. The molecule has 6 atom stereocenters. The van der Waals surface area contributed by atoms with Crippen LogP contribution < -0.4 is 5.73 Å². The van der Waals surface area contributed by atoms with Gasteiger partial charge in [0.2, 0.25) is 0 Å². The highest BCUT2D eigenvalue weighted by Gasteiger charge is 2.55. The molecule has 0 saturated carbocycles. The largest absolute Gasteiger partial charge is 0.477 e. The summed E-state index contributed by atoms with van der Waals surface area (Å²) in [5, 5.41) is 46.5. The number of aliphatic hydroxyl groups is 4. The molecule has 0 aromatic rings. The number of aliphatic hydroxyl groups excluding tert-OH is 4. The first-order valence-corrected chi connectivity index (χ1v) is 5.92. The molecule has 124 valence electrons. The Labute approximate surface area is 117 Å². The molecule has 11 heteroatoms. The summed E-state index contributed by atoms with van der Waals surface area (Å²) in [6, 6.07) is -1.38. The van der Waals surface area contributed by atoms with Crippen molar-refractivity contribution in [3.8, 4) is 0 Å². The van der Waals surface area contributed by atoms with Crippen LogP contribution in [0.3, 0.4) is 0 Å². The van der Waals surface area contributed by atoms with E-state index in [0.29, 0.717) is 0 Å². The molecule has 1 fully saturated rings. The van der Waals surface area contributed by atoms with E-state index in [2.05, 4.69) is 4.74 Å². The number of halogens is 2. The molecule has 9 nitrogen and oxygen atoms in total. The maximum atomic E-state index is 12.4. The van der Waals surface area contributed by atoms with Crippen molar-refractivity contribution in [2.75, 3.05) is 6.61 Å². The summed E-state index contributed by atoms with van der Waals surface area (Å²) in [7, 11) is 0. The second-order valence-electron chi connectivity index (χ2n) is 4.61. The van der Waals surface area contributed by atoms with Crippen LogP contribution in [0, 0.1) is 0 Å². The van der Waals surface area contributed by atoms with Crippen LogP contribution >= 0.6 is 0 Å². The van der Waals surface area contributed by atoms with Gasteiger partial charge in [0.05, 0.1) is 18.8 Å². The van der Waals surface area contributed by atoms with Gasteiger partial charge >= 0.3 is 12.6 Å². The van der Waals surface area contributed by atoms with Crippen LogP contribution in [-0.2, 0) is 14.3 Å². The maximum Gasteiger partial charge on any atom is 0.364 e. The minimum Gasteiger partial charge on any atom is -0.477 e. The predicted octanol–water partition coefficient (Wildman–Crippen LogP) is -2.80. The Morgan fingerprint density at radius 3 is 2.48 bits per heavy atom. The summed E-state index contributed by atoms with van der Waals surface area (Å²) in [5.74, 6) is -4.88. The van der Waals surface area contributed by atoms with Gasteiger partial charge in [-0.2, -0.15) is 8.78 Å². The van der Waals surface area contributed by atoms with Crippen molar-refractivity contribution in [3.05, 3.63) is 0 Å². The highest BCUT2D eigenvalue weighted by atomic mass is 19.3. The zero-order valence-corrected chi connectivity index (χ0v) is 10.7. The van der Waals surface area contributed by atoms with Crippen LogP contribution in [-0.4, -0.2) is 81.0 Å². The number of hydrogen-bond donors (Lipinski definition) is 6. The van der Waals surface area contributed by atoms with Gasteiger partial charge in [0.25, 0.3) is 5.79 Å². The molecular formula is C10H17F2NO8. The summed E-state index contributed by atoms with van der Waals surface area (Å²) in [5.41, 5.74) is 5.50. The van der Waals surface area contributed by atoms with E-state index < -0.39 is 61.9 Å². The molecule has 0 radical (unpaired) electrons. The number of rotatable bonds is 6. The molecule has 1 aliphatic rings. The average molecular weight is 317 g/mol. The fourth-order valence-corrected chi connectivity index (χ4v) is 2.01. The SMILES string of the molecule is N[C@@H]1[C@@H](O)CC(OC(F)F)(C(=O)O)O[C@H]1C(O)C(O)CO. The Balaban J connectivity index is 3.06. The summed E-state index contributed by atoms with van der Waals surface area (Å²) in [6.45, 7) is -4.44. The quantitative estimate of drug-likeness (QED) is 0.304. The first kappa shape index (κ1) is 18.1. The molecule has 0 bridgehead atoms. The number of carboxylic acids is 1. The first-order chi connectivity index (χ1) is 9.64. The van der Waals surface area contributed by atoms with E-state index in [1.165, 1.54) is 0 Å². The molecule has 21 heavy (non-hydrogen) atoms. The van der Waals surface area contributed by atoms with Crippen molar-refractivity contribution in [2.45, 2.75) is 49.3 Å². The van der Waals surface area contributed by atoms with Crippen LogP contribution in [0.4, 0.5) is 8.78 Å². The van der Waals surface area contributed by atoms with Crippen molar-refractivity contribution in [3.63, 3.8) is 0 Å². The minimum atomic E-state index is -3.52. The van der Waals surface area contributed by atoms with Crippen molar-refractivity contribution in [1.29, 1.82) is 0 Å². The number of aliphatic carboxylic acids is 1. The van der Waals surface area contributed by atoms with Gasteiger partial charge in [-0.3, -0.25) is 4.74 Å². The standard InChI is InChI=1S/C10H17F2NO8/c11-9(12)21-10(8(18)19)1-3(15)5(13)7(20-10)6(17)4(16)2-14/h3-7,9,14-17H,1-2,13H2,(H,18,19)/t3-,4?,5+,6?,7+,10?/m0/s1. The number of carbonyl (C=O) groups is 1. The number of nitrogens with two attached hydrogens (primary N) is 1. The second-order valence-corrected chi connectivity index (χ2v) is 4.61. The monoisotopic (exact) mass is 317 g/mol. The van der Waals surface area contributed by atoms with E-state index in [1.54, 1.807) is 0 Å². The van der Waals surface area contributed by atoms with Gasteiger partial charge in [0.1, 0.15) is 18.3 Å². The van der Waals surface area contributed by atoms with Crippen LogP contribution in [0.2, 0.25) is 0 Å². The molecular weight excluding hydrogens is 300 g/mol. The molecule has 0 aliphatic carbocycles. The molecule has 1 aliphatic heterocycles. The summed E-state index contributed by atoms with van der Waals surface area (Å²) in [4.78, 5) is 11.1.